The number of likely N-dealkylation sites (N-methyl/N-ethyl adjacent to an activating group) is 1. The molecule has 0 aromatic carbocycles. The Kier molecular flexibility index (Phi) is 11.6. The van der Waals surface area contributed by atoms with Gasteiger partial charge in [0, 0.05) is 19.0 Å². The summed E-state index contributed by atoms with van der Waals surface area (Å²) in [6.07, 6.45) is 2.91. The van der Waals surface area contributed by atoms with Crippen LogP contribution in [0.4, 0.5) is 0 Å². The number of hydrogen-bond donors (Lipinski definition) is 3. The van der Waals surface area contributed by atoms with Crippen LogP contribution in [0.3, 0.4) is 0 Å². The van der Waals surface area contributed by atoms with Gasteiger partial charge in [0.2, 0.25) is 0 Å². The molecular weight excluding hydrogens is 324 g/mol. The Labute approximate surface area is 151 Å². The zero-order valence-electron chi connectivity index (χ0n) is 16.3. The Bertz CT molecular complexity index is 403. The Hall–Kier alpha value is -1.18. The zero-order valence-corrected chi connectivity index (χ0v) is 16.3. The first-order valence-corrected chi connectivity index (χ1v) is 9.41. The number of aliphatic hydroxyl groups excluding tert-OH is 1. The van der Waals surface area contributed by atoms with Crippen molar-refractivity contribution in [1.29, 1.82) is 0 Å². The quantitative estimate of drug-likeness (QED) is 0.703. The first kappa shape index (κ1) is 23.8. The minimum atomic E-state index is -0.833. The molecule has 2 aliphatic heterocycles. The second-order valence-corrected chi connectivity index (χ2v) is 6.51. The summed E-state index contributed by atoms with van der Waals surface area (Å²) in [6.45, 7) is 12.2. The van der Waals surface area contributed by atoms with Crippen LogP contribution in [0, 0.1) is 0 Å². The highest BCUT2D eigenvalue weighted by Crippen LogP contribution is 2.20. The molecule has 7 nitrogen and oxygen atoms in total. The van der Waals surface area contributed by atoms with Crippen LogP contribution in [0.1, 0.15) is 60.3 Å². The summed E-state index contributed by atoms with van der Waals surface area (Å²) >= 11 is 0. The number of aliphatic hydroxyl groups is 1. The molecule has 2 unspecified atom stereocenters. The molecule has 2 rings (SSSR count). The maximum Gasteiger partial charge on any atom is 0.321 e. The molecule has 0 saturated carbocycles. The molecule has 0 bridgehead atoms. The molecule has 0 spiro atoms. The average Bonchev–Trinajstić information content (AvgIpc) is 2.99. The second-order valence-electron chi connectivity index (χ2n) is 6.51. The molecule has 3 atom stereocenters. The predicted molar refractivity (Wildman–Crippen MR) is 97.8 cm³/mol. The van der Waals surface area contributed by atoms with Gasteiger partial charge >= 0.3 is 11.9 Å². The third-order valence-electron chi connectivity index (χ3n) is 4.57. The zero-order chi connectivity index (χ0) is 19.6. The lowest BCUT2D eigenvalue weighted by molar-refractivity contribution is -0.144. The summed E-state index contributed by atoms with van der Waals surface area (Å²) in [5.41, 5.74) is 0. The van der Waals surface area contributed by atoms with Crippen molar-refractivity contribution in [2.45, 2.75) is 84.5 Å². The largest absolute Gasteiger partial charge is 0.480 e. The molecular formula is C18H36N2O5. The van der Waals surface area contributed by atoms with E-state index in [0.29, 0.717) is 13.0 Å². The van der Waals surface area contributed by atoms with Crippen molar-refractivity contribution >= 4 is 11.9 Å². The van der Waals surface area contributed by atoms with Crippen LogP contribution in [0.15, 0.2) is 0 Å². The fraction of sp³-hybridized carbons (Fsp3) is 0.889. The van der Waals surface area contributed by atoms with Crippen LogP contribution in [0.2, 0.25) is 0 Å². The number of likely N-dealkylation sites (tertiary alicyclic amines) is 2. The first-order chi connectivity index (χ1) is 11.8. The van der Waals surface area contributed by atoms with Gasteiger partial charge in [-0.15, -0.1) is 0 Å². The maximum atomic E-state index is 10.7. The van der Waals surface area contributed by atoms with Gasteiger partial charge in [0.1, 0.15) is 12.1 Å². The van der Waals surface area contributed by atoms with Crippen molar-refractivity contribution in [3.8, 4) is 0 Å². The number of carboxylic acid groups (broad SMARTS) is 2. The van der Waals surface area contributed by atoms with Crippen molar-refractivity contribution in [2.24, 2.45) is 0 Å². The third-order valence-corrected chi connectivity index (χ3v) is 4.57. The fourth-order valence-corrected chi connectivity index (χ4v) is 3.30. The van der Waals surface area contributed by atoms with Crippen molar-refractivity contribution in [2.75, 3.05) is 19.6 Å². The summed E-state index contributed by atoms with van der Waals surface area (Å²) in [6, 6.07) is -0.531. The summed E-state index contributed by atoms with van der Waals surface area (Å²) in [4.78, 5) is 25.2. The molecule has 0 aromatic rings. The average molecular weight is 360 g/mol. The lowest BCUT2D eigenvalue weighted by atomic mass is 10.0. The van der Waals surface area contributed by atoms with E-state index in [1.54, 1.807) is 0 Å². The van der Waals surface area contributed by atoms with Gasteiger partial charge in [-0.3, -0.25) is 19.4 Å². The molecule has 2 aliphatic rings. The van der Waals surface area contributed by atoms with Gasteiger partial charge in [-0.25, -0.2) is 0 Å². The Morgan fingerprint density at radius 3 is 2.00 bits per heavy atom. The lowest BCUT2D eigenvalue weighted by Gasteiger charge is -2.31. The van der Waals surface area contributed by atoms with E-state index in [4.69, 9.17) is 10.2 Å². The first-order valence-electron chi connectivity index (χ1n) is 9.41. The van der Waals surface area contributed by atoms with E-state index < -0.39 is 24.1 Å². The molecule has 2 fully saturated rings. The number of carboxylic acids is 2. The van der Waals surface area contributed by atoms with Gasteiger partial charge in [-0.2, -0.15) is 0 Å². The van der Waals surface area contributed by atoms with E-state index in [-0.39, 0.29) is 12.1 Å². The summed E-state index contributed by atoms with van der Waals surface area (Å²) < 4.78 is 0. The van der Waals surface area contributed by atoms with E-state index in [9.17, 15) is 14.7 Å². The van der Waals surface area contributed by atoms with E-state index in [1.165, 1.54) is 0 Å². The smallest absolute Gasteiger partial charge is 0.321 e. The maximum absolute atomic E-state index is 10.7. The number of aliphatic carboxylic acids is 2. The molecule has 0 aromatic heterocycles. The molecule has 2 heterocycles. The van der Waals surface area contributed by atoms with Crippen molar-refractivity contribution in [1.82, 2.24) is 9.80 Å². The predicted octanol–water partition coefficient (Wildman–Crippen LogP) is 1.89. The van der Waals surface area contributed by atoms with Crippen LogP contribution < -0.4 is 0 Å². The van der Waals surface area contributed by atoms with E-state index >= 15 is 0 Å². The molecule has 0 amide bonds. The highest BCUT2D eigenvalue weighted by atomic mass is 16.4. The van der Waals surface area contributed by atoms with Crippen LogP contribution in [-0.4, -0.2) is 80.9 Å². The molecule has 148 valence electrons. The van der Waals surface area contributed by atoms with Crippen LogP contribution in [0.25, 0.3) is 0 Å². The third kappa shape index (κ3) is 7.71. The standard InChI is InChI=1S/C8H15NO3.C8H15NO2.C2H6/c1-5(2)9-4-6(10)3-7(9)8(11)12;1-2-9-6-4-3-5-7(9)8(10)11;1-2/h5-7,10H,3-4H2,1-2H3,(H,11,12);7H,2-6H2,1H3,(H,10,11);1-2H3/t6?,7-;;/m0../s1. The van der Waals surface area contributed by atoms with E-state index in [2.05, 4.69) is 0 Å². The van der Waals surface area contributed by atoms with Crippen molar-refractivity contribution in [3.63, 3.8) is 0 Å². The molecule has 7 heteroatoms. The molecule has 0 radical (unpaired) electrons. The minimum Gasteiger partial charge on any atom is -0.480 e. The number of rotatable bonds is 4. The molecule has 0 aliphatic carbocycles. The normalized spacial score (nSPS) is 27.1. The number of nitrogens with zero attached hydrogens (tertiary/aromatic N) is 2. The van der Waals surface area contributed by atoms with Gasteiger partial charge in [-0.1, -0.05) is 27.2 Å². The van der Waals surface area contributed by atoms with Crippen molar-refractivity contribution < 1.29 is 24.9 Å². The molecule has 3 N–H and O–H groups in total. The Morgan fingerprint density at radius 1 is 1.08 bits per heavy atom. The topological polar surface area (TPSA) is 101 Å². The number of β-amino-alcohol motifs (C(OH)–C–C–N with tert-alkyl or cyclic N) is 1. The Morgan fingerprint density at radius 2 is 1.64 bits per heavy atom. The van der Waals surface area contributed by atoms with Gasteiger partial charge in [0.05, 0.1) is 6.10 Å². The SMILES string of the molecule is CC.CC(C)N1CC(O)C[C@H]1C(=O)O.CCN1CCCCC1C(=O)O. The number of piperidine rings is 1. The van der Waals surface area contributed by atoms with Crippen LogP contribution >= 0.6 is 0 Å². The van der Waals surface area contributed by atoms with Gasteiger partial charge in [-0.05, 0) is 39.8 Å². The second kappa shape index (κ2) is 12.2. The molecule has 25 heavy (non-hydrogen) atoms. The van der Waals surface area contributed by atoms with E-state index in [0.717, 1.165) is 32.4 Å². The number of hydrogen-bond acceptors (Lipinski definition) is 5. The fourth-order valence-electron chi connectivity index (χ4n) is 3.30. The van der Waals surface area contributed by atoms with Crippen LogP contribution in [0.5, 0.6) is 0 Å². The highest BCUT2D eigenvalue weighted by Gasteiger charge is 2.37. The van der Waals surface area contributed by atoms with Gasteiger partial charge in [0.15, 0.2) is 0 Å². The Balaban J connectivity index is 0.000000421. The van der Waals surface area contributed by atoms with E-state index in [1.807, 2.05) is 44.4 Å². The monoisotopic (exact) mass is 360 g/mol. The highest BCUT2D eigenvalue weighted by molar-refractivity contribution is 5.74. The lowest BCUT2D eigenvalue weighted by Crippen LogP contribution is -2.44. The summed E-state index contributed by atoms with van der Waals surface area (Å²) in [5.74, 6) is -1.49. The summed E-state index contributed by atoms with van der Waals surface area (Å²) in [7, 11) is 0. The minimum absolute atomic E-state index is 0.184. The van der Waals surface area contributed by atoms with Crippen molar-refractivity contribution in [3.05, 3.63) is 0 Å². The molecule has 2 saturated heterocycles. The van der Waals surface area contributed by atoms with Gasteiger partial charge in [0.25, 0.3) is 0 Å². The number of carbonyl (C=O) groups is 2. The van der Waals surface area contributed by atoms with Gasteiger partial charge < -0.3 is 15.3 Å². The summed E-state index contributed by atoms with van der Waals surface area (Å²) in [5, 5.41) is 26.9. The van der Waals surface area contributed by atoms with Crippen LogP contribution in [-0.2, 0) is 9.59 Å².